The molecule has 1 saturated heterocycles. The van der Waals surface area contributed by atoms with E-state index in [1.54, 1.807) is 36.5 Å². The highest BCUT2D eigenvalue weighted by Gasteiger charge is 2.13. The minimum Gasteiger partial charge on any atom is -0.378 e. The molecule has 8 heteroatoms. The van der Waals surface area contributed by atoms with Gasteiger partial charge in [-0.15, -0.1) is 0 Å². The van der Waals surface area contributed by atoms with Gasteiger partial charge in [0.2, 0.25) is 5.91 Å². The lowest BCUT2D eigenvalue weighted by Crippen LogP contribution is -2.36. The van der Waals surface area contributed by atoms with Crippen LogP contribution in [0.15, 0.2) is 42.6 Å². The first-order valence-corrected chi connectivity index (χ1v) is 8.62. The quantitative estimate of drug-likeness (QED) is 0.835. The van der Waals surface area contributed by atoms with Crippen LogP contribution in [0.1, 0.15) is 10.4 Å². The number of benzene rings is 1. The van der Waals surface area contributed by atoms with Crippen molar-refractivity contribution in [3.63, 3.8) is 0 Å². The molecule has 0 unspecified atom stereocenters. The van der Waals surface area contributed by atoms with Crippen LogP contribution >= 0.6 is 11.6 Å². The number of hydrogen-bond donors (Lipinski definition) is 2. The average molecular weight is 375 g/mol. The van der Waals surface area contributed by atoms with Crippen LogP contribution in [0.3, 0.4) is 0 Å². The van der Waals surface area contributed by atoms with Gasteiger partial charge in [-0.3, -0.25) is 9.59 Å². The number of ether oxygens (including phenoxy) is 1. The van der Waals surface area contributed by atoms with Gasteiger partial charge in [0.15, 0.2) is 0 Å². The monoisotopic (exact) mass is 374 g/mol. The number of hydrogen-bond acceptors (Lipinski definition) is 5. The molecule has 2 aromatic rings. The highest BCUT2D eigenvalue weighted by molar-refractivity contribution is 6.33. The van der Waals surface area contributed by atoms with Crippen LogP contribution in [-0.4, -0.2) is 49.6 Å². The van der Waals surface area contributed by atoms with Gasteiger partial charge in [-0.25, -0.2) is 4.98 Å². The standard InChI is InChI=1S/C18H19ClN4O3/c19-15-4-2-1-3-14(15)18(25)21-12-17(24)22-16-6-5-13(11-20-16)23-7-9-26-10-8-23/h1-6,11H,7-10,12H2,(H,21,25)(H,20,22,24). The van der Waals surface area contributed by atoms with E-state index in [9.17, 15) is 9.59 Å². The van der Waals surface area contributed by atoms with Gasteiger partial charge in [0.25, 0.3) is 5.91 Å². The molecule has 0 atom stereocenters. The fourth-order valence-corrected chi connectivity index (χ4v) is 2.78. The molecule has 7 nitrogen and oxygen atoms in total. The Morgan fingerprint density at radius 3 is 2.62 bits per heavy atom. The number of halogens is 1. The number of carbonyl (C=O) groups is 2. The van der Waals surface area contributed by atoms with Crippen molar-refractivity contribution in [2.75, 3.05) is 43.1 Å². The second kappa shape index (κ2) is 8.64. The van der Waals surface area contributed by atoms with Crippen molar-refractivity contribution >= 4 is 34.9 Å². The molecule has 2 amide bonds. The normalized spacial score (nSPS) is 14.0. The molecule has 26 heavy (non-hydrogen) atoms. The van der Waals surface area contributed by atoms with E-state index in [0.717, 1.165) is 18.8 Å². The molecule has 0 spiro atoms. The molecule has 1 aromatic carbocycles. The maximum atomic E-state index is 12.0. The predicted octanol–water partition coefficient (Wildman–Crippen LogP) is 1.94. The first-order chi connectivity index (χ1) is 12.6. The van der Waals surface area contributed by atoms with Crippen LogP contribution in [-0.2, 0) is 9.53 Å². The van der Waals surface area contributed by atoms with Crippen molar-refractivity contribution < 1.29 is 14.3 Å². The summed E-state index contributed by atoms with van der Waals surface area (Å²) in [5.74, 6) is -0.336. The number of morpholine rings is 1. The Hall–Kier alpha value is -2.64. The fraction of sp³-hybridized carbons (Fsp3) is 0.278. The molecule has 0 aliphatic carbocycles. The number of amides is 2. The number of nitrogens with zero attached hydrogens (tertiary/aromatic N) is 2. The zero-order valence-corrected chi connectivity index (χ0v) is 14.8. The summed E-state index contributed by atoms with van der Waals surface area (Å²) in [6, 6.07) is 10.3. The fourth-order valence-electron chi connectivity index (χ4n) is 2.56. The Kier molecular flexibility index (Phi) is 6.04. The zero-order valence-electron chi connectivity index (χ0n) is 14.1. The minimum absolute atomic E-state index is 0.170. The summed E-state index contributed by atoms with van der Waals surface area (Å²) >= 11 is 5.96. The van der Waals surface area contributed by atoms with E-state index >= 15 is 0 Å². The molecule has 0 bridgehead atoms. The number of anilines is 2. The molecule has 1 aliphatic rings. The highest BCUT2D eigenvalue weighted by atomic mass is 35.5. The third-order valence-corrected chi connectivity index (χ3v) is 4.25. The summed E-state index contributed by atoms with van der Waals surface area (Å²) < 4.78 is 5.32. The van der Waals surface area contributed by atoms with E-state index in [0.29, 0.717) is 29.6 Å². The molecule has 1 aliphatic heterocycles. The first-order valence-electron chi connectivity index (χ1n) is 8.25. The van der Waals surface area contributed by atoms with Crippen LogP contribution in [0, 0.1) is 0 Å². The lowest BCUT2D eigenvalue weighted by Gasteiger charge is -2.28. The van der Waals surface area contributed by atoms with Gasteiger partial charge in [-0.1, -0.05) is 23.7 Å². The van der Waals surface area contributed by atoms with Crippen LogP contribution in [0.4, 0.5) is 11.5 Å². The smallest absolute Gasteiger partial charge is 0.253 e. The number of rotatable bonds is 5. The van der Waals surface area contributed by atoms with E-state index < -0.39 is 5.91 Å². The van der Waals surface area contributed by atoms with Crippen molar-refractivity contribution in [1.82, 2.24) is 10.3 Å². The summed E-state index contributed by atoms with van der Waals surface area (Å²) in [7, 11) is 0. The van der Waals surface area contributed by atoms with E-state index in [1.165, 1.54) is 0 Å². The largest absolute Gasteiger partial charge is 0.378 e. The van der Waals surface area contributed by atoms with Crippen LogP contribution in [0.25, 0.3) is 0 Å². The lowest BCUT2D eigenvalue weighted by atomic mass is 10.2. The SMILES string of the molecule is O=C(CNC(=O)c1ccccc1Cl)Nc1ccc(N2CCOCC2)cn1. The van der Waals surface area contributed by atoms with Crippen LogP contribution in [0.2, 0.25) is 5.02 Å². The molecule has 3 rings (SSSR count). The summed E-state index contributed by atoms with van der Waals surface area (Å²) in [5.41, 5.74) is 1.31. The highest BCUT2D eigenvalue weighted by Crippen LogP contribution is 2.16. The minimum atomic E-state index is -0.402. The van der Waals surface area contributed by atoms with Crippen molar-refractivity contribution in [2.45, 2.75) is 0 Å². The maximum Gasteiger partial charge on any atom is 0.253 e. The molecule has 2 heterocycles. The van der Waals surface area contributed by atoms with Gasteiger partial charge >= 0.3 is 0 Å². The molecule has 0 radical (unpaired) electrons. The Morgan fingerprint density at radius 2 is 1.92 bits per heavy atom. The summed E-state index contributed by atoms with van der Waals surface area (Å²) in [4.78, 5) is 30.4. The first kappa shape index (κ1) is 18.2. The number of nitrogens with one attached hydrogen (secondary N) is 2. The topological polar surface area (TPSA) is 83.6 Å². The summed E-state index contributed by atoms with van der Waals surface area (Å²) in [6.45, 7) is 2.87. The van der Waals surface area contributed by atoms with Gasteiger partial charge in [-0.05, 0) is 24.3 Å². The molecule has 0 saturated carbocycles. The van der Waals surface area contributed by atoms with Crippen molar-refractivity contribution in [3.05, 3.63) is 53.2 Å². The van der Waals surface area contributed by atoms with Crippen LogP contribution < -0.4 is 15.5 Å². The Balaban J connectivity index is 1.50. The van der Waals surface area contributed by atoms with E-state index in [2.05, 4.69) is 20.5 Å². The Labute approximate surface area is 156 Å². The molecule has 1 aromatic heterocycles. The Morgan fingerprint density at radius 1 is 1.15 bits per heavy atom. The van der Waals surface area contributed by atoms with Gasteiger partial charge in [0, 0.05) is 13.1 Å². The zero-order chi connectivity index (χ0) is 18.4. The van der Waals surface area contributed by atoms with Crippen molar-refractivity contribution in [3.8, 4) is 0 Å². The van der Waals surface area contributed by atoms with Gasteiger partial charge in [0.05, 0.1) is 42.2 Å². The van der Waals surface area contributed by atoms with Gasteiger partial charge in [0.1, 0.15) is 5.82 Å². The molecular weight excluding hydrogens is 356 g/mol. The molecule has 1 fully saturated rings. The van der Waals surface area contributed by atoms with Crippen molar-refractivity contribution in [2.24, 2.45) is 0 Å². The van der Waals surface area contributed by atoms with Crippen molar-refractivity contribution in [1.29, 1.82) is 0 Å². The second-order valence-electron chi connectivity index (χ2n) is 5.71. The number of carbonyl (C=O) groups excluding carboxylic acids is 2. The van der Waals surface area contributed by atoms with Crippen LogP contribution in [0.5, 0.6) is 0 Å². The molecular formula is C18H19ClN4O3. The number of pyridine rings is 1. The molecule has 136 valence electrons. The summed E-state index contributed by atoms with van der Waals surface area (Å²) in [5, 5.41) is 5.53. The second-order valence-corrected chi connectivity index (χ2v) is 6.12. The number of aromatic nitrogens is 1. The van der Waals surface area contributed by atoms with Gasteiger partial charge in [-0.2, -0.15) is 0 Å². The van der Waals surface area contributed by atoms with E-state index in [1.807, 2.05) is 6.07 Å². The molecule has 2 N–H and O–H groups in total. The van der Waals surface area contributed by atoms with E-state index in [4.69, 9.17) is 16.3 Å². The predicted molar refractivity (Wildman–Crippen MR) is 99.7 cm³/mol. The lowest BCUT2D eigenvalue weighted by molar-refractivity contribution is -0.115. The average Bonchev–Trinajstić information content (AvgIpc) is 2.68. The third kappa shape index (κ3) is 4.71. The maximum absolute atomic E-state index is 12.0. The Bertz CT molecular complexity index is 776. The van der Waals surface area contributed by atoms with E-state index in [-0.39, 0.29) is 12.5 Å². The third-order valence-electron chi connectivity index (χ3n) is 3.92. The summed E-state index contributed by atoms with van der Waals surface area (Å²) in [6.07, 6.45) is 1.71. The van der Waals surface area contributed by atoms with Gasteiger partial charge < -0.3 is 20.3 Å².